The Hall–Kier alpha value is -3.86. The molecule has 5 nitrogen and oxygen atoms in total. The van der Waals surface area contributed by atoms with Gasteiger partial charge in [-0.1, -0.05) is 65.7 Å². The van der Waals surface area contributed by atoms with Gasteiger partial charge in [0.1, 0.15) is 0 Å². The summed E-state index contributed by atoms with van der Waals surface area (Å²) >= 11 is 0. The Morgan fingerprint density at radius 2 is 1.21 bits per heavy atom. The molecule has 4 aromatic rings. The molecule has 0 atom stereocenters. The zero-order valence-corrected chi connectivity index (χ0v) is 20.8. The van der Waals surface area contributed by atoms with Crippen LogP contribution in [-0.2, 0) is 6.54 Å². The van der Waals surface area contributed by atoms with Gasteiger partial charge in [0.2, 0.25) is 0 Å². The lowest BCUT2D eigenvalue weighted by Crippen LogP contribution is -2.06. The topological polar surface area (TPSA) is 55.4 Å². The van der Waals surface area contributed by atoms with Crippen molar-refractivity contribution in [2.24, 2.45) is 9.98 Å². The molecule has 34 heavy (non-hydrogen) atoms. The van der Waals surface area contributed by atoms with Gasteiger partial charge in [0, 0.05) is 0 Å². The molecule has 1 heterocycles. The van der Waals surface area contributed by atoms with Crippen molar-refractivity contribution in [1.29, 1.82) is 0 Å². The third-order valence-corrected chi connectivity index (χ3v) is 5.78. The summed E-state index contributed by atoms with van der Waals surface area (Å²) in [5.74, 6) is 1.26. The summed E-state index contributed by atoms with van der Waals surface area (Å²) in [5.41, 5.74) is 10.1. The Balaban J connectivity index is 1.70. The maximum atomic E-state index is 4.80. The summed E-state index contributed by atoms with van der Waals surface area (Å²) in [5, 5.41) is 4.73. The van der Waals surface area contributed by atoms with Gasteiger partial charge in [0.25, 0.3) is 0 Å². The van der Waals surface area contributed by atoms with E-state index >= 15 is 0 Å². The van der Waals surface area contributed by atoms with Crippen LogP contribution in [0.5, 0.6) is 0 Å². The molecule has 0 aliphatic carbocycles. The molecule has 0 amide bonds. The first-order valence-electron chi connectivity index (χ1n) is 11.5. The third-order valence-electron chi connectivity index (χ3n) is 5.78. The fraction of sp³-hybridized carbons (Fsp3) is 0.241. The number of hydrogen-bond donors (Lipinski definition) is 0. The van der Waals surface area contributed by atoms with Crippen LogP contribution in [0.25, 0.3) is 0 Å². The molecule has 0 saturated carbocycles. The van der Waals surface area contributed by atoms with Gasteiger partial charge in [-0.2, -0.15) is 0 Å². The highest BCUT2D eigenvalue weighted by molar-refractivity contribution is 5.83. The first-order chi connectivity index (χ1) is 16.3. The van der Waals surface area contributed by atoms with Gasteiger partial charge >= 0.3 is 0 Å². The molecule has 0 saturated heterocycles. The van der Waals surface area contributed by atoms with Gasteiger partial charge in [-0.25, -0.2) is 9.67 Å². The molecular weight excluding hydrogens is 418 g/mol. The van der Waals surface area contributed by atoms with Gasteiger partial charge < -0.3 is 0 Å². The lowest BCUT2D eigenvalue weighted by molar-refractivity contribution is 0.679. The van der Waals surface area contributed by atoms with Crippen molar-refractivity contribution >= 4 is 23.8 Å². The predicted octanol–water partition coefficient (Wildman–Crippen LogP) is 6.68. The Morgan fingerprint density at radius 3 is 1.74 bits per heavy atom. The Bertz CT molecular complexity index is 1330. The van der Waals surface area contributed by atoms with E-state index < -0.39 is 0 Å². The van der Waals surface area contributed by atoms with E-state index in [1.54, 1.807) is 12.4 Å². The smallest absolute Gasteiger partial charge is 0.192 e. The van der Waals surface area contributed by atoms with Crippen molar-refractivity contribution in [3.8, 4) is 0 Å². The van der Waals surface area contributed by atoms with Crippen LogP contribution in [-0.4, -0.2) is 27.2 Å². The van der Waals surface area contributed by atoms with Crippen LogP contribution in [0.4, 0.5) is 11.4 Å². The average Bonchev–Trinajstić information content (AvgIpc) is 3.14. The van der Waals surface area contributed by atoms with Crippen molar-refractivity contribution in [1.82, 2.24) is 14.8 Å². The highest BCUT2D eigenvalue weighted by Crippen LogP contribution is 2.26. The summed E-state index contributed by atoms with van der Waals surface area (Å²) in [6, 6.07) is 18.8. The highest BCUT2D eigenvalue weighted by atomic mass is 15.3. The van der Waals surface area contributed by atoms with Gasteiger partial charge in [0.15, 0.2) is 11.6 Å². The maximum absolute atomic E-state index is 4.80. The van der Waals surface area contributed by atoms with E-state index in [2.05, 4.69) is 77.9 Å². The minimum Gasteiger partial charge on any atom is -0.252 e. The van der Waals surface area contributed by atoms with E-state index in [0.717, 1.165) is 39.2 Å². The molecule has 3 aromatic carbocycles. The summed E-state index contributed by atoms with van der Waals surface area (Å²) < 4.78 is 1.88. The van der Waals surface area contributed by atoms with Crippen LogP contribution < -0.4 is 0 Å². The van der Waals surface area contributed by atoms with E-state index in [0.29, 0.717) is 18.2 Å². The molecule has 172 valence electrons. The minimum absolute atomic E-state index is 0.564. The lowest BCUT2D eigenvalue weighted by Gasteiger charge is -2.07. The second-order valence-electron chi connectivity index (χ2n) is 8.98. The molecule has 0 bridgehead atoms. The number of aryl methyl sites for hydroxylation is 6. The summed E-state index contributed by atoms with van der Waals surface area (Å²) in [6.07, 6.45) is 3.55. The van der Waals surface area contributed by atoms with Gasteiger partial charge in [0.05, 0.1) is 30.3 Å². The Kier molecular flexibility index (Phi) is 6.82. The Morgan fingerprint density at radius 1 is 0.706 bits per heavy atom. The molecule has 0 radical (unpaired) electrons. The number of aromatic nitrogens is 3. The lowest BCUT2D eigenvalue weighted by atomic mass is 10.1. The van der Waals surface area contributed by atoms with Gasteiger partial charge in [-0.3, -0.25) is 9.98 Å². The standard InChI is InChI=1S/C29H31N5/c1-19-12-21(3)28(22(4)13-19)30-16-26-32-27(34(33-26)18-25-10-8-7-9-11-25)17-31-29-23(5)14-20(2)15-24(29)6/h7-17H,18H2,1-6H3. The number of hydrogen-bond acceptors (Lipinski definition) is 4. The fourth-order valence-corrected chi connectivity index (χ4v) is 4.39. The van der Waals surface area contributed by atoms with Crippen molar-refractivity contribution < 1.29 is 0 Å². The molecule has 0 spiro atoms. The molecule has 0 N–H and O–H groups in total. The third kappa shape index (κ3) is 5.37. The monoisotopic (exact) mass is 449 g/mol. The van der Waals surface area contributed by atoms with E-state index in [-0.39, 0.29) is 0 Å². The van der Waals surface area contributed by atoms with Crippen LogP contribution in [0.15, 0.2) is 64.6 Å². The van der Waals surface area contributed by atoms with E-state index in [9.17, 15) is 0 Å². The highest BCUT2D eigenvalue weighted by Gasteiger charge is 2.10. The second-order valence-corrected chi connectivity index (χ2v) is 8.98. The van der Waals surface area contributed by atoms with Crippen molar-refractivity contribution in [3.05, 3.63) is 105 Å². The van der Waals surface area contributed by atoms with E-state index in [1.807, 2.05) is 22.9 Å². The normalized spacial score (nSPS) is 11.7. The molecule has 0 fully saturated rings. The largest absolute Gasteiger partial charge is 0.252 e. The number of benzene rings is 3. The number of rotatable bonds is 6. The first kappa shape index (κ1) is 23.3. The number of nitrogens with zero attached hydrogens (tertiary/aromatic N) is 5. The average molecular weight is 450 g/mol. The van der Waals surface area contributed by atoms with Crippen molar-refractivity contribution in [2.45, 2.75) is 48.1 Å². The molecule has 0 unspecified atom stereocenters. The molecule has 0 aliphatic heterocycles. The molecule has 4 rings (SSSR count). The van der Waals surface area contributed by atoms with Crippen LogP contribution in [0, 0.1) is 41.5 Å². The van der Waals surface area contributed by atoms with Crippen LogP contribution >= 0.6 is 0 Å². The van der Waals surface area contributed by atoms with Crippen molar-refractivity contribution in [2.75, 3.05) is 0 Å². The minimum atomic E-state index is 0.564. The second kappa shape index (κ2) is 9.96. The van der Waals surface area contributed by atoms with Gasteiger partial charge in [-0.15, -0.1) is 5.10 Å². The first-order valence-corrected chi connectivity index (χ1v) is 11.5. The van der Waals surface area contributed by atoms with Crippen LogP contribution in [0.2, 0.25) is 0 Å². The summed E-state index contributed by atoms with van der Waals surface area (Å²) in [4.78, 5) is 14.3. The van der Waals surface area contributed by atoms with E-state index in [4.69, 9.17) is 20.1 Å². The van der Waals surface area contributed by atoms with Gasteiger partial charge in [-0.05, 0) is 69.4 Å². The zero-order chi connectivity index (χ0) is 24.2. The summed E-state index contributed by atoms with van der Waals surface area (Å²) in [7, 11) is 0. The number of aliphatic imine (C=N–C) groups is 2. The molecular formula is C29H31N5. The predicted molar refractivity (Wildman–Crippen MR) is 141 cm³/mol. The van der Waals surface area contributed by atoms with Crippen molar-refractivity contribution in [3.63, 3.8) is 0 Å². The summed E-state index contributed by atoms with van der Waals surface area (Å²) in [6.45, 7) is 13.2. The van der Waals surface area contributed by atoms with Crippen LogP contribution in [0.1, 0.15) is 50.6 Å². The van der Waals surface area contributed by atoms with Crippen LogP contribution in [0.3, 0.4) is 0 Å². The maximum Gasteiger partial charge on any atom is 0.192 e. The molecule has 1 aromatic heterocycles. The molecule has 5 heteroatoms. The Labute approximate surface area is 202 Å². The molecule has 0 aliphatic rings. The SMILES string of the molecule is Cc1cc(C)c(N=Cc2nc(C=Nc3c(C)cc(C)cc3C)n(Cc3ccccc3)n2)c(C)c1. The zero-order valence-electron chi connectivity index (χ0n) is 20.8. The van der Waals surface area contributed by atoms with E-state index in [1.165, 1.54) is 11.1 Å². The quantitative estimate of drug-likeness (QED) is 0.308. The fourth-order valence-electron chi connectivity index (χ4n) is 4.39.